The average Bonchev–Trinajstić information content (AvgIpc) is 3.97. The first kappa shape index (κ1) is 31.4. The third kappa shape index (κ3) is 5.26. The fourth-order valence-electron chi connectivity index (χ4n) is 9.20. The maximum absolute atomic E-state index is 16.3. The lowest BCUT2D eigenvalue weighted by molar-refractivity contribution is 0.0603. The number of rotatable bonds is 3. The SMILES string of the molecule is C[C@H]1NC(=O)c2ccc(Cl)nc2CC[C@H]2C[C@H]2Cn2c(-c3nc4cc(C(=O)N5C[C@H](N)[C@@H]6CC[C@H]5C6)cc(F)c4n3C3CC3)cc3ccc1nc32. The Labute approximate surface area is 299 Å². The molecule has 5 aromatic rings. The summed E-state index contributed by atoms with van der Waals surface area (Å²) < 4.78 is 20.6. The van der Waals surface area contributed by atoms with Crippen LogP contribution < -0.4 is 11.1 Å². The molecule has 10 nitrogen and oxygen atoms in total. The van der Waals surface area contributed by atoms with Gasteiger partial charge in [0, 0.05) is 42.2 Å². The number of nitrogens with zero attached hydrogens (tertiary/aromatic N) is 6. The second kappa shape index (κ2) is 11.6. The van der Waals surface area contributed by atoms with Crippen LogP contribution in [-0.2, 0) is 13.0 Å². The first-order chi connectivity index (χ1) is 24.7. The summed E-state index contributed by atoms with van der Waals surface area (Å²) >= 11 is 6.27. The lowest BCUT2D eigenvalue weighted by Gasteiger charge is -2.37. The van der Waals surface area contributed by atoms with Gasteiger partial charge in [-0.3, -0.25) is 9.59 Å². The molecule has 4 aromatic heterocycles. The molecule has 4 fully saturated rings. The number of halogens is 2. The molecule has 0 unspecified atom stereocenters. The summed E-state index contributed by atoms with van der Waals surface area (Å²) in [5.41, 5.74) is 11.4. The van der Waals surface area contributed by atoms with Gasteiger partial charge in [0.05, 0.1) is 34.2 Å². The van der Waals surface area contributed by atoms with Gasteiger partial charge < -0.3 is 25.1 Å². The predicted octanol–water partition coefficient (Wildman–Crippen LogP) is 6.60. The Kier molecular flexibility index (Phi) is 7.13. The monoisotopic (exact) mass is 706 g/mol. The van der Waals surface area contributed by atoms with Crippen molar-refractivity contribution in [1.29, 1.82) is 0 Å². The van der Waals surface area contributed by atoms with Gasteiger partial charge in [-0.05, 0) is 119 Å². The van der Waals surface area contributed by atoms with Gasteiger partial charge in [-0.2, -0.15) is 0 Å². The number of piperidine rings is 1. The molecule has 1 saturated heterocycles. The molecule has 0 radical (unpaired) electrons. The molecule has 3 aliphatic carbocycles. The zero-order valence-electron chi connectivity index (χ0n) is 28.5. The van der Waals surface area contributed by atoms with Gasteiger partial charge >= 0.3 is 0 Å². The molecule has 10 rings (SSSR count). The highest BCUT2D eigenvalue weighted by Gasteiger charge is 2.42. The minimum Gasteiger partial charge on any atom is -0.344 e. The number of imidazole rings is 1. The van der Waals surface area contributed by atoms with Crippen LogP contribution in [0.4, 0.5) is 4.39 Å². The summed E-state index contributed by atoms with van der Waals surface area (Å²) in [6.45, 7) is 3.18. The lowest BCUT2D eigenvalue weighted by atomic mass is 9.94. The lowest BCUT2D eigenvalue weighted by Crippen LogP contribution is -2.51. The van der Waals surface area contributed by atoms with Gasteiger partial charge in [0.1, 0.15) is 22.1 Å². The molecule has 6 heterocycles. The molecular weight excluding hydrogens is 667 g/mol. The minimum atomic E-state index is -0.426. The first-order valence-electron chi connectivity index (χ1n) is 18.4. The number of fused-ring (bicyclic) bond motifs is 6. The molecule has 2 amide bonds. The fourth-order valence-corrected chi connectivity index (χ4v) is 9.36. The van der Waals surface area contributed by atoms with E-state index in [1.54, 1.807) is 18.2 Å². The Morgan fingerprint density at radius 3 is 2.63 bits per heavy atom. The Balaban J connectivity index is 1.07. The van der Waals surface area contributed by atoms with E-state index in [0.717, 1.165) is 73.9 Å². The summed E-state index contributed by atoms with van der Waals surface area (Å²) in [6, 6.07) is 12.6. The minimum absolute atomic E-state index is 0.0443. The van der Waals surface area contributed by atoms with Crippen LogP contribution in [0.5, 0.6) is 0 Å². The van der Waals surface area contributed by atoms with Crippen LogP contribution in [0.25, 0.3) is 33.6 Å². The normalized spacial score (nSPS) is 27.4. The quantitative estimate of drug-likeness (QED) is 0.204. The molecule has 3 N–H and O–H groups in total. The molecule has 51 heavy (non-hydrogen) atoms. The number of benzene rings is 1. The summed E-state index contributed by atoms with van der Waals surface area (Å²) in [6.07, 6.45) is 7.40. The van der Waals surface area contributed by atoms with Crippen molar-refractivity contribution >= 4 is 45.5 Å². The maximum atomic E-state index is 16.3. The Morgan fingerprint density at radius 2 is 1.78 bits per heavy atom. The molecule has 1 aromatic carbocycles. The highest BCUT2D eigenvalue weighted by Crippen LogP contribution is 2.47. The second-order valence-electron chi connectivity index (χ2n) is 15.6. The number of amides is 2. The Bertz CT molecular complexity index is 2280. The van der Waals surface area contributed by atoms with Crippen molar-refractivity contribution in [3.05, 3.63) is 75.9 Å². The molecule has 12 heteroatoms. The number of aryl methyl sites for hydroxylation is 1. The van der Waals surface area contributed by atoms with E-state index in [0.29, 0.717) is 69.6 Å². The largest absolute Gasteiger partial charge is 0.344 e. The molecule has 3 saturated carbocycles. The maximum Gasteiger partial charge on any atom is 0.254 e. The summed E-state index contributed by atoms with van der Waals surface area (Å²) in [5.74, 6) is 1.24. The molecule has 4 bridgehead atoms. The van der Waals surface area contributed by atoms with Crippen LogP contribution in [0.1, 0.15) is 96.1 Å². The number of pyridine rings is 2. The third-order valence-electron chi connectivity index (χ3n) is 12.3. The summed E-state index contributed by atoms with van der Waals surface area (Å²) in [7, 11) is 0. The van der Waals surface area contributed by atoms with Gasteiger partial charge in [-0.15, -0.1) is 0 Å². The van der Waals surface area contributed by atoms with Crippen molar-refractivity contribution in [2.75, 3.05) is 6.54 Å². The van der Waals surface area contributed by atoms with E-state index in [1.807, 2.05) is 24.0 Å². The Morgan fingerprint density at radius 1 is 0.941 bits per heavy atom. The van der Waals surface area contributed by atoms with E-state index in [-0.39, 0.29) is 36.0 Å². The van der Waals surface area contributed by atoms with Crippen LogP contribution in [-0.4, -0.2) is 59.4 Å². The number of likely N-dealkylation sites (tertiary alicyclic amines) is 1. The van der Waals surface area contributed by atoms with Crippen molar-refractivity contribution in [3.63, 3.8) is 0 Å². The van der Waals surface area contributed by atoms with E-state index >= 15 is 4.39 Å². The number of nitrogens with two attached hydrogens (primary N) is 1. The van der Waals surface area contributed by atoms with Crippen molar-refractivity contribution < 1.29 is 14.0 Å². The van der Waals surface area contributed by atoms with Gasteiger partial charge in [0.2, 0.25) is 0 Å². The molecular formula is C39H40ClFN8O2. The van der Waals surface area contributed by atoms with E-state index in [1.165, 1.54) is 6.07 Å². The van der Waals surface area contributed by atoms with E-state index in [4.69, 9.17) is 27.3 Å². The third-order valence-corrected chi connectivity index (χ3v) is 12.5. The smallest absolute Gasteiger partial charge is 0.254 e. The van der Waals surface area contributed by atoms with Crippen molar-refractivity contribution in [2.45, 2.75) is 89.0 Å². The van der Waals surface area contributed by atoms with Gasteiger partial charge in [-0.1, -0.05) is 11.6 Å². The van der Waals surface area contributed by atoms with Crippen LogP contribution in [0.2, 0.25) is 5.15 Å². The molecule has 5 aliphatic rings. The van der Waals surface area contributed by atoms with Crippen molar-refractivity contribution in [1.82, 2.24) is 34.3 Å². The zero-order chi connectivity index (χ0) is 34.7. The van der Waals surface area contributed by atoms with Crippen LogP contribution >= 0.6 is 11.6 Å². The van der Waals surface area contributed by atoms with Crippen molar-refractivity contribution in [3.8, 4) is 11.5 Å². The van der Waals surface area contributed by atoms with Gasteiger partial charge in [0.15, 0.2) is 5.82 Å². The average molecular weight is 707 g/mol. The molecule has 2 aliphatic heterocycles. The van der Waals surface area contributed by atoms with Crippen molar-refractivity contribution in [2.24, 2.45) is 23.5 Å². The number of carbonyl (C=O) groups excluding carboxylic acids is 2. The van der Waals surface area contributed by atoms with E-state index in [2.05, 4.69) is 25.5 Å². The molecule has 0 spiro atoms. The van der Waals surface area contributed by atoms with Crippen LogP contribution in [0.15, 0.2) is 42.5 Å². The highest BCUT2D eigenvalue weighted by molar-refractivity contribution is 6.29. The second-order valence-corrected chi connectivity index (χ2v) is 16.0. The number of hydrogen-bond acceptors (Lipinski definition) is 6. The highest BCUT2D eigenvalue weighted by atomic mass is 35.5. The van der Waals surface area contributed by atoms with Gasteiger partial charge in [-0.25, -0.2) is 19.3 Å². The topological polar surface area (TPSA) is 124 Å². The number of hydrogen-bond donors (Lipinski definition) is 2. The zero-order valence-corrected chi connectivity index (χ0v) is 29.2. The summed E-state index contributed by atoms with van der Waals surface area (Å²) in [4.78, 5) is 44.0. The molecule has 6 atom stereocenters. The Hall–Kier alpha value is -4.35. The summed E-state index contributed by atoms with van der Waals surface area (Å²) in [5, 5.41) is 4.47. The standard InChI is InChI=1S/C39H40ClFN8O2/c1-19-30-9-4-22-16-33(48(36(22)45-30)17-24-12-20(24)3-10-31-27(38(50)43-19)8-11-34(40)44-31)37-46-32-15-23(14-28(41)35(32)49(37)25-6-7-25)39(51)47-18-29(42)21-2-5-26(47)13-21/h4,8-9,11,14-16,19-21,24-26,29H,2-3,5-7,10,12-13,17-18,42H2,1H3,(H,43,50)/t19-,20+,21-,24+,26+,29+/m1/s1. The van der Waals surface area contributed by atoms with E-state index in [9.17, 15) is 9.59 Å². The van der Waals surface area contributed by atoms with Crippen LogP contribution in [0, 0.1) is 23.6 Å². The number of aromatic nitrogens is 5. The predicted molar refractivity (Wildman–Crippen MR) is 192 cm³/mol. The number of carbonyl (C=O) groups is 2. The number of nitrogens with one attached hydrogen (secondary N) is 1. The van der Waals surface area contributed by atoms with Gasteiger partial charge in [0.25, 0.3) is 11.8 Å². The first-order valence-corrected chi connectivity index (χ1v) is 18.8. The molecule has 262 valence electrons. The fraction of sp³-hybridized carbons (Fsp3) is 0.462. The van der Waals surface area contributed by atoms with E-state index < -0.39 is 5.82 Å². The van der Waals surface area contributed by atoms with Crippen LogP contribution in [0.3, 0.4) is 0 Å².